The Kier molecular flexibility index (Phi) is 4.41. The number of carbonyl (C=O) groups excluding carboxylic acids is 3. The van der Waals surface area contributed by atoms with Crippen molar-refractivity contribution in [3.8, 4) is 6.07 Å². The molecule has 7 nitrogen and oxygen atoms in total. The van der Waals surface area contributed by atoms with Crippen LogP contribution < -0.4 is 4.90 Å². The van der Waals surface area contributed by atoms with Crippen LogP contribution in [0, 0.1) is 17.2 Å². The highest BCUT2D eigenvalue weighted by Gasteiger charge is 2.36. The maximum Gasteiger partial charge on any atom is 0.337 e. The number of amides is 1. The van der Waals surface area contributed by atoms with Crippen LogP contribution in [0.1, 0.15) is 22.3 Å². The maximum atomic E-state index is 12.1. The molecule has 0 saturated carbocycles. The highest BCUT2D eigenvalue weighted by atomic mass is 16.5. The summed E-state index contributed by atoms with van der Waals surface area (Å²) in [4.78, 5) is 36.5. The Balaban J connectivity index is 2.33. The molecule has 0 N–H and O–H groups in total. The summed E-state index contributed by atoms with van der Waals surface area (Å²) in [5, 5.41) is 9.23. The molecule has 0 bridgehead atoms. The molecule has 22 heavy (non-hydrogen) atoms. The fourth-order valence-electron chi connectivity index (χ4n) is 2.37. The number of esters is 2. The van der Waals surface area contributed by atoms with E-state index >= 15 is 0 Å². The van der Waals surface area contributed by atoms with Crippen LogP contribution in [-0.2, 0) is 19.1 Å². The number of rotatable bonds is 3. The Morgan fingerprint density at radius 3 is 2.64 bits per heavy atom. The number of hydrogen-bond donors (Lipinski definition) is 0. The van der Waals surface area contributed by atoms with Crippen molar-refractivity contribution in [3.63, 3.8) is 0 Å². The smallest absolute Gasteiger partial charge is 0.337 e. The first kappa shape index (κ1) is 15.5. The number of ether oxygens (including phenoxy) is 2. The SMILES string of the molecule is COC(=O)c1ccc(N2CC(C(=O)OC)CC2=O)c(C#N)c1. The van der Waals surface area contributed by atoms with Gasteiger partial charge in [-0.2, -0.15) is 5.26 Å². The number of methoxy groups -OCH3 is 2. The number of carbonyl (C=O) groups is 3. The first-order valence-electron chi connectivity index (χ1n) is 6.52. The van der Waals surface area contributed by atoms with Crippen LogP contribution in [0.4, 0.5) is 5.69 Å². The molecule has 0 spiro atoms. The Morgan fingerprint density at radius 1 is 1.32 bits per heavy atom. The van der Waals surface area contributed by atoms with Crippen molar-refractivity contribution in [2.24, 2.45) is 5.92 Å². The van der Waals surface area contributed by atoms with Gasteiger partial charge in [0, 0.05) is 13.0 Å². The van der Waals surface area contributed by atoms with Gasteiger partial charge >= 0.3 is 11.9 Å². The van der Waals surface area contributed by atoms with Gasteiger partial charge in [0.25, 0.3) is 0 Å². The van der Waals surface area contributed by atoms with E-state index in [0.29, 0.717) is 5.69 Å². The zero-order valence-electron chi connectivity index (χ0n) is 12.2. The Labute approximate surface area is 127 Å². The van der Waals surface area contributed by atoms with E-state index in [1.807, 2.05) is 6.07 Å². The van der Waals surface area contributed by atoms with Gasteiger partial charge in [0.2, 0.25) is 5.91 Å². The van der Waals surface area contributed by atoms with Gasteiger partial charge in [0.15, 0.2) is 0 Å². The molecule has 0 aliphatic carbocycles. The van der Waals surface area contributed by atoms with Gasteiger partial charge in [-0.3, -0.25) is 9.59 Å². The van der Waals surface area contributed by atoms with Crippen molar-refractivity contribution < 1.29 is 23.9 Å². The zero-order valence-corrected chi connectivity index (χ0v) is 12.2. The van der Waals surface area contributed by atoms with Crippen molar-refractivity contribution >= 4 is 23.5 Å². The van der Waals surface area contributed by atoms with E-state index in [2.05, 4.69) is 9.47 Å². The Morgan fingerprint density at radius 2 is 2.05 bits per heavy atom. The zero-order chi connectivity index (χ0) is 16.3. The highest BCUT2D eigenvalue weighted by molar-refractivity contribution is 6.01. The molecule has 1 amide bonds. The van der Waals surface area contributed by atoms with E-state index in [0.717, 1.165) is 0 Å². The molecule has 1 aromatic carbocycles. The third-order valence-corrected chi connectivity index (χ3v) is 3.49. The van der Waals surface area contributed by atoms with Gasteiger partial charge in [-0.1, -0.05) is 0 Å². The van der Waals surface area contributed by atoms with Crippen molar-refractivity contribution in [2.45, 2.75) is 6.42 Å². The summed E-state index contributed by atoms with van der Waals surface area (Å²) in [7, 11) is 2.51. The van der Waals surface area contributed by atoms with Crippen LogP contribution >= 0.6 is 0 Å². The third kappa shape index (κ3) is 2.76. The molecular weight excluding hydrogens is 288 g/mol. The fourth-order valence-corrected chi connectivity index (χ4v) is 2.37. The molecule has 1 aromatic rings. The van der Waals surface area contributed by atoms with Gasteiger partial charge < -0.3 is 14.4 Å². The number of anilines is 1. The van der Waals surface area contributed by atoms with Crippen molar-refractivity contribution in [2.75, 3.05) is 25.7 Å². The number of benzene rings is 1. The summed E-state index contributed by atoms with van der Waals surface area (Å²) in [6.45, 7) is 0.151. The molecule has 1 saturated heterocycles. The van der Waals surface area contributed by atoms with E-state index in [1.54, 1.807) is 0 Å². The summed E-state index contributed by atoms with van der Waals surface area (Å²) >= 11 is 0. The lowest BCUT2D eigenvalue weighted by Gasteiger charge is -2.18. The number of hydrogen-bond acceptors (Lipinski definition) is 6. The highest BCUT2D eigenvalue weighted by Crippen LogP contribution is 2.29. The van der Waals surface area contributed by atoms with Crippen LogP contribution in [0.25, 0.3) is 0 Å². The lowest BCUT2D eigenvalue weighted by molar-refractivity contribution is -0.145. The summed E-state index contributed by atoms with van der Waals surface area (Å²) in [6, 6.07) is 6.29. The van der Waals surface area contributed by atoms with Gasteiger partial charge in [-0.25, -0.2) is 4.79 Å². The monoisotopic (exact) mass is 302 g/mol. The van der Waals surface area contributed by atoms with Gasteiger partial charge in [0.1, 0.15) is 6.07 Å². The lowest BCUT2D eigenvalue weighted by Crippen LogP contribution is -2.27. The summed E-state index contributed by atoms with van der Waals surface area (Å²) in [5.74, 6) is -1.84. The molecule has 0 aromatic heterocycles. The summed E-state index contributed by atoms with van der Waals surface area (Å²) < 4.78 is 9.24. The second-order valence-corrected chi connectivity index (χ2v) is 4.76. The van der Waals surface area contributed by atoms with E-state index in [1.165, 1.54) is 37.3 Å². The summed E-state index contributed by atoms with van der Waals surface area (Å²) in [5.41, 5.74) is 0.757. The molecule has 0 radical (unpaired) electrons. The lowest BCUT2D eigenvalue weighted by atomic mass is 10.1. The van der Waals surface area contributed by atoms with Crippen molar-refractivity contribution in [1.29, 1.82) is 5.26 Å². The Hall–Kier alpha value is -2.88. The van der Waals surface area contributed by atoms with Crippen LogP contribution in [0.15, 0.2) is 18.2 Å². The first-order chi connectivity index (χ1) is 10.5. The topological polar surface area (TPSA) is 96.7 Å². The fraction of sp³-hybridized carbons (Fsp3) is 0.333. The predicted octanol–water partition coefficient (Wildman–Crippen LogP) is 0.871. The molecule has 1 fully saturated rings. The molecule has 1 atom stereocenters. The molecule has 1 aliphatic heterocycles. The quantitative estimate of drug-likeness (QED) is 0.769. The average Bonchev–Trinajstić information content (AvgIpc) is 2.94. The van der Waals surface area contributed by atoms with E-state index in [4.69, 9.17) is 0 Å². The minimum absolute atomic E-state index is 0.0380. The second-order valence-electron chi connectivity index (χ2n) is 4.76. The average molecular weight is 302 g/mol. The maximum absolute atomic E-state index is 12.1. The van der Waals surface area contributed by atoms with E-state index in [-0.39, 0.29) is 30.0 Å². The molecule has 7 heteroatoms. The largest absolute Gasteiger partial charge is 0.469 e. The normalized spacial score (nSPS) is 17.0. The van der Waals surface area contributed by atoms with Gasteiger partial charge in [-0.15, -0.1) is 0 Å². The number of nitriles is 1. The predicted molar refractivity (Wildman–Crippen MR) is 75.0 cm³/mol. The first-order valence-corrected chi connectivity index (χ1v) is 6.52. The minimum Gasteiger partial charge on any atom is -0.469 e. The van der Waals surface area contributed by atoms with E-state index in [9.17, 15) is 19.6 Å². The molecule has 114 valence electrons. The van der Waals surface area contributed by atoms with Crippen molar-refractivity contribution in [1.82, 2.24) is 0 Å². The summed E-state index contributed by atoms with van der Waals surface area (Å²) in [6.07, 6.45) is 0.0380. The van der Waals surface area contributed by atoms with Crippen LogP contribution in [0.2, 0.25) is 0 Å². The second kappa shape index (κ2) is 6.26. The van der Waals surface area contributed by atoms with Gasteiger partial charge in [0.05, 0.1) is 37.0 Å². The van der Waals surface area contributed by atoms with E-state index < -0.39 is 17.9 Å². The van der Waals surface area contributed by atoms with Crippen LogP contribution in [0.3, 0.4) is 0 Å². The molecule has 1 heterocycles. The number of nitrogens with zero attached hydrogens (tertiary/aromatic N) is 2. The van der Waals surface area contributed by atoms with Crippen LogP contribution in [0.5, 0.6) is 0 Å². The van der Waals surface area contributed by atoms with Gasteiger partial charge in [-0.05, 0) is 18.2 Å². The minimum atomic E-state index is -0.566. The third-order valence-electron chi connectivity index (χ3n) is 3.49. The molecule has 2 rings (SSSR count). The van der Waals surface area contributed by atoms with Crippen molar-refractivity contribution in [3.05, 3.63) is 29.3 Å². The Bertz CT molecular complexity index is 677. The molecular formula is C15H14N2O5. The standard InChI is InChI=1S/C15H14N2O5/c1-21-14(19)9-3-4-12(10(5-9)7-16)17-8-11(6-13(17)18)15(20)22-2/h3-5,11H,6,8H2,1-2H3. The molecule has 1 aliphatic rings. The van der Waals surface area contributed by atoms with Crippen LogP contribution in [-0.4, -0.2) is 38.6 Å². The molecule has 1 unspecified atom stereocenters.